The van der Waals surface area contributed by atoms with Crippen molar-refractivity contribution in [3.8, 4) is 0 Å². The van der Waals surface area contributed by atoms with E-state index >= 15 is 0 Å². The molecule has 9 aromatic rings. The van der Waals surface area contributed by atoms with Gasteiger partial charge in [-0.1, -0.05) is 127 Å². The second-order valence-corrected chi connectivity index (χ2v) is 14.6. The average Bonchev–Trinajstić information content (AvgIpc) is 3.77. The van der Waals surface area contributed by atoms with Crippen LogP contribution < -0.4 is 0 Å². The number of allylic oxidation sites excluding steroid dienone is 3. The molecule has 8 aromatic carbocycles. The largest absolute Gasteiger partial charge is 0.456 e. The Balaban J connectivity index is 1.20. The molecule has 256 valence electrons. The van der Waals surface area contributed by atoms with Crippen molar-refractivity contribution in [3.05, 3.63) is 179 Å². The zero-order chi connectivity index (χ0) is 36.5. The highest BCUT2D eigenvalue weighted by atomic mass is 16.6. The maximum atomic E-state index is 14.6. The number of furan rings is 1. The van der Waals surface area contributed by atoms with Gasteiger partial charge in [-0.2, -0.15) is 0 Å². The molecular weight excluding hydrogens is 669 g/mol. The predicted octanol–water partition coefficient (Wildman–Crippen LogP) is 11.5. The molecule has 0 spiro atoms. The maximum absolute atomic E-state index is 14.6. The fourth-order valence-electron chi connectivity index (χ4n) is 9.62. The van der Waals surface area contributed by atoms with Crippen LogP contribution >= 0.6 is 0 Å². The molecule has 2 atom stereocenters. The van der Waals surface area contributed by atoms with E-state index in [1.165, 1.54) is 6.92 Å². The van der Waals surface area contributed by atoms with Gasteiger partial charge in [0, 0.05) is 40.3 Å². The standard InChI is InChI=1S/C49H30O5/c1-26(50)54-49(2)38(25-24-37-46(51)43-34-17-8-12-28-20-21-29-13-9-18-35(41(29)40(28)34)44(43)47(37)52)42(32-16-7-11-27-10-3-4-14-30(27)32)36-23-22-33-31-15-5-6-19-39(31)53-48(33)45(36)49/h3-25,42H,1-2H3/b38-25+. The lowest BCUT2D eigenvalue weighted by Gasteiger charge is -2.29. The van der Waals surface area contributed by atoms with Gasteiger partial charge in [-0.05, 0) is 78.9 Å². The number of benzene rings is 8. The number of carbonyl (C=O) groups is 3. The number of esters is 1. The summed E-state index contributed by atoms with van der Waals surface area (Å²) in [5.41, 5.74) is 4.45. The molecule has 2 aliphatic rings. The summed E-state index contributed by atoms with van der Waals surface area (Å²) in [6, 6.07) is 42.5. The van der Waals surface area contributed by atoms with Gasteiger partial charge in [0.15, 0.2) is 17.2 Å². The lowest BCUT2D eigenvalue weighted by Crippen LogP contribution is -2.28. The Labute approximate surface area is 309 Å². The Hall–Kier alpha value is -6.85. The van der Waals surface area contributed by atoms with Crippen molar-refractivity contribution >= 4 is 82.6 Å². The van der Waals surface area contributed by atoms with E-state index in [1.807, 2.05) is 91.9 Å². The van der Waals surface area contributed by atoms with Crippen molar-refractivity contribution in [1.82, 2.24) is 0 Å². The number of fused-ring (bicyclic) bond motifs is 9. The summed E-state index contributed by atoms with van der Waals surface area (Å²) in [5, 5.41) is 9.58. The molecule has 1 heterocycles. The van der Waals surface area contributed by atoms with Gasteiger partial charge in [0.2, 0.25) is 0 Å². The zero-order valence-electron chi connectivity index (χ0n) is 29.4. The van der Waals surface area contributed by atoms with E-state index in [9.17, 15) is 14.4 Å². The molecule has 0 radical (unpaired) electrons. The van der Waals surface area contributed by atoms with Crippen LogP contribution in [0.3, 0.4) is 0 Å². The Bertz CT molecular complexity index is 3130. The lowest BCUT2D eigenvalue weighted by molar-refractivity contribution is -0.152. The van der Waals surface area contributed by atoms with Crippen LogP contribution in [0, 0.1) is 0 Å². The first-order chi connectivity index (χ1) is 26.3. The number of carbonyl (C=O) groups excluding carboxylic acids is 3. The summed E-state index contributed by atoms with van der Waals surface area (Å²) in [7, 11) is 0. The molecule has 5 heteroatoms. The Morgan fingerprint density at radius 1 is 0.611 bits per heavy atom. The van der Waals surface area contributed by atoms with E-state index < -0.39 is 17.5 Å². The number of para-hydroxylation sites is 1. The third-order valence-corrected chi connectivity index (χ3v) is 11.8. The quantitative estimate of drug-likeness (QED) is 0.0795. The van der Waals surface area contributed by atoms with Crippen LogP contribution in [0.15, 0.2) is 155 Å². The van der Waals surface area contributed by atoms with Crippen LogP contribution in [0.4, 0.5) is 0 Å². The number of rotatable bonds is 3. The third kappa shape index (κ3) is 3.96. The van der Waals surface area contributed by atoms with Crippen molar-refractivity contribution in [2.24, 2.45) is 0 Å². The molecule has 0 amide bonds. The summed E-state index contributed by atoms with van der Waals surface area (Å²) >= 11 is 0. The van der Waals surface area contributed by atoms with Crippen LogP contribution in [0.25, 0.3) is 65.0 Å². The van der Waals surface area contributed by atoms with Crippen molar-refractivity contribution in [2.45, 2.75) is 25.4 Å². The number of Topliss-reactive ketones (excluding diaryl/α,β-unsaturated/α-hetero) is 2. The Morgan fingerprint density at radius 3 is 1.91 bits per heavy atom. The maximum Gasteiger partial charge on any atom is 0.303 e. The summed E-state index contributed by atoms with van der Waals surface area (Å²) < 4.78 is 13.0. The fraction of sp³-hybridized carbons (Fsp3) is 0.0816. The van der Waals surface area contributed by atoms with Gasteiger partial charge in [-0.3, -0.25) is 14.4 Å². The van der Waals surface area contributed by atoms with Crippen LogP contribution in [0.5, 0.6) is 0 Å². The molecule has 54 heavy (non-hydrogen) atoms. The van der Waals surface area contributed by atoms with Crippen molar-refractivity contribution in [1.29, 1.82) is 0 Å². The minimum absolute atomic E-state index is 0.0843. The highest BCUT2D eigenvalue weighted by Crippen LogP contribution is 2.57. The molecule has 2 aliphatic carbocycles. The molecule has 0 saturated heterocycles. The topological polar surface area (TPSA) is 73.6 Å². The molecule has 0 N–H and O–H groups in total. The SMILES string of the molecule is CC(=O)OC1(C)/C(=C/C=C2C(=O)c3c(c4cccc5ccc6cccc3c6c54)C2=O)C(c2cccc3ccccc23)c2ccc3c(oc4ccccc43)c21. The smallest absolute Gasteiger partial charge is 0.303 e. The first-order valence-electron chi connectivity index (χ1n) is 18.2. The van der Waals surface area contributed by atoms with Gasteiger partial charge < -0.3 is 9.15 Å². The van der Waals surface area contributed by atoms with Gasteiger partial charge in [0.25, 0.3) is 0 Å². The van der Waals surface area contributed by atoms with E-state index in [-0.39, 0.29) is 17.1 Å². The number of ketones is 2. The van der Waals surface area contributed by atoms with Crippen molar-refractivity contribution in [2.75, 3.05) is 0 Å². The molecular formula is C49H30O5. The van der Waals surface area contributed by atoms with Crippen LogP contribution in [0.1, 0.15) is 57.2 Å². The third-order valence-electron chi connectivity index (χ3n) is 11.8. The normalized spacial score (nSPS) is 19.0. The monoisotopic (exact) mass is 698 g/mol. The highest BCUT2D eigenvalue weighted by molar-refractivity contribution is 6.47. The molecule has 11 rings (SSSR count). The molecule has 0 fully saturated rings. The van der Waals surface area contributed by atoms with Gasteiger partial charge in [0.05, 0.1) is 5.57 Å². The Kier molecular flexibility index (Phi) is 6.17. The molecule has 5 nitrogen and oxygen atoms in total. The van der Waals surface area contributed by atoms with E-state index in [0.29, 0.717) is 16.7 Å². The second kappa shape index (κ2) is 10.8. The van der Waals surface area contributed by atoms with E-state index in [0.717, 1.165) is 81.7 Å². The van der Waals surface area contributed by atoms with E-state index in [1.54, 1.807) is 6.08 Å². The Morgan fingerprint density at radius 2 is 1.20 bits per heavy atom. The average molecular weight is 699 g/mol. The molecule has 0 bridgehead atoms. The lowest BCUT2D eigenvalue weighted by atomic mass is 9.83. The van der Waals surface area contributed by atoms with Crippen LogP contribution in [0.2, 0.25) is 0 Å². The summed E-state index contributed by atoms with van der Waals surface area (Å²) in [6.45, 7) is 3.31. The van der Waals surface area contributed by atoms with Crippen LogP contribution in [-0.2, 0) is 15.1 Å². The first-order valence-corrected chi connectivity index (χ1v) is 18.2. The number of ether oxygens (including phenoxy) is 1. The van der Waals surface area contributed by atoms with Gasteiger partial charge in [-0.15, -0.1) is 0 Å². The van der Waals surface area contributed by atoms with Crippen molar-refractivity contribution < 1.29 is 23.5 Å². The number of hydrogen-bond acceptors (Lipinski definition) is 5. The van der Waals surface area contributed by atoms with Gasteiger partial charge in [-0.25, -0.2) is 0 Å². The number of hydrogen-bond donors (Lipinski definition) is 0. The van der Waals surface area contributed by atoms with Gasteiger partial charge in [0.1, 0.15) is 11.2 Å². The molecule has 1 aromatic heterocycles. The molecule has 0 saturated carbocycles. The first kappa shape index (κ1) is 30.7. The van der Waals surface area contributed by atoms with Crippen molar-refractivity contribution in [3.63, 3.8) is 0 Å². The van der Waals surface area contributed by atoms with Crippen LogP contribution in [-0.4, -0.2) is 17.5 Å². The fourth-order valence-corrected chi connectivity index (χ4v) is 9.62. The minimum Gasteiger partial charge on any atom is -0.456 e. The van der Waals surface area contributed by atoms with Gasteiger partial charge >= 0.3 is 5.97 Å². The zero-order valence-corrected chi connectivity index (χ0v) is 29.4. The summed E-state index contributed by atoms with van der Waals surface area (Å²) in [5.74, 6) is -1.47. The second-order valence-electron chi connectivity index (χ2n) is 14.6. The molecule has 0 aliphatic heterocycles. The predicted molar refractivity (Wildman–Crippen MR) is 214 cm³/mol. The van der Waals surface area contributed by atoms with E-state index in [4.69, 9.17) is 9.15 Å². The van der Waals surface area contributed by atoms with E-state index in [2.05, 4.69) is 48.5 Å². The summed E-state index contributed by atoms with van der Waals surface area (Å²) in [4.78, 5) is 42.3. The minimum atomic E-state index is -1.31. The summed E-state index contributed by atoms with van der Waals surface area (Å²) in [6.07, 6.45) is 3.51. The molecule has 2 unspecified atom stereocenters. The highest BCUT2D eigenvalue weighted by Gasteiger charge is 2.50.